The van der Waals surface area contributed by atoms with E-state index in [9.17, 15) is 44.7 Å². The number of hydrogen-bond donors (Lipinski definition) is 2. The van der Waals surface area contributed by atoms with Crippen molar-refractivity contribution in [3.8, 4) is 5.75 Å². The lowest BCUT2D eigenvalue weighted by Crippen LogP contribution is -2.18. The third-order valence-corrected chi connectivity index (χ3v) is 4.85. The third-order valence-electron chi connectivity index (χ3n) is 4.85. The molecule has 0 heterocycles. The van der Waals surface area contributed by atoms with Gasteiger partial charge in [-0.25, -0.2) is 8.78 Å². The van der Waals surface area contributed by atoms with Gasteiger partial charge in [0.2, 0.25) is 0 Å². The van der Waals surface area contributed by atoms with Crippen LogP contribution >= 0.6 is 0 Å². The van der Waals surface area contributed by atoms with Crippen LogP contribution in [0.4, 0.5) is 46.5 Å². The molecule has 3 aromatic carbocycles. The number of amides is 2. The molecule has 2 amide bonds. The number of nitrogens with one attached hydrogen (secondary N) is 2. The van der Waals surface area contributed by atoms with Crippen molar-refractivity contribution in [3.63, 3.8) is 0 Å². The van der Waals surface area contributed by atoms with E-state index in [2.05, 4.69) is 10.6 Å². The number of carbonyl (C=O) groups is 2. The van der Waals surface area contributed by atoms with Gasteiger partial charge in [-0.2, -0.15) is 26.3 Å². The maximum Gasteiger partial charge on any atom is 0.419 e. The van der Waals surface area contributed by atoms with Crippen molar-refractivity contribution in [2.24, 2.45) is 0 Å². The minimum Gasteiger partial charge on any atom is -0.493 e. The summed E-state index contributed by atoms with van der Waals surface area (Å²) in [5, 5.41) is 4.31. The van der Waals surface area contributed by atoms with E-state index in [1.165, 1.54) is 12.1 Å². The van der Waals surface area contributed by atoms with Gasteiger partial charge < -0.3 is 15.4 Å². The molecule has 0 fully saturated rings. The monoisotopic (exact) mass is 532 g/mol. The van der Waals surface area contributed by atoms with Gasteiger partial charge in [0.05, 0.1) is 23.3 Å². The predicted molar refractivity (Wildman–Crippen MR) is 116 cm³/mol. The summed E-state index contributed by atoms with van der Waals surface area (Å²) in [5.74, 6) is -5.14. The van der Waals surface area contributed by atoms with Gasteiger partial charge >= 0.3 is 12.4 Å². The molecule has 37 heavy (non-hydrogen) atoms. The number of rotatable bonds is 6. The molecule has 0 aliphatic rings. The Balaban J connectivity index is 1.90. The summed E-state index contributed by atoms with van der Waals surface area (Å²) < 4.78 is 110. The maximum absolute atomic E-state index is 13.5. The van der Waals surface area contributed by atoms with Crippen LogP contribution in [0, 0.1) is 11.6 Å². The average Bonchev–Trinajstić information content (AvgIpc) is 2.80. The first-order chi connectivity index (χ1) is 17.2. The molecule has 13 heteroatoms. The number of halogens is 8. The molecule has 0 spiro atoms. The molecular formula is C24H16F8N2O3. The van der Waals surface area contributed by atoms with E-state index in [0.29, 0.717) is 24.3 Å². The first kappa shape index (κ1) is 27.4. The van der Waals surface area contributed by atoms with Crippen molar-refractivity contribution in [1.29, 1.82) is 0 Å². The smallest absolute Gasteiger partial charge is 0.419 e. The largest absolute Gasteiger partial charge is 0.493 e. The molecule has 0 unspecified atom stereocenters. The zero-order chi connectivity index (χ0) is 27.5. The number of hydrogen-bond acceptors (Lipinski definition) is 3. The van der Waals surface area contributed by atoms with E-state index in [0.717, 1.165) is 18.2 Å². The lowest BCUT2D eigenvalue weighted by Gasteiger charge is -2.14. The van der Waals surface area contributed by atoms with E-state index < -0.39 is 52.6 Å². The number of benzene rings is 3. The topological polar surface area (TPSA) is 67.4 Å². The Labute approximate surface area is 204 Å². The van der Waals surface area contributed by atoms with Crippen LogP contribution < -0.4 is 15.4 Å². The van der Waals surface area contributed by atoms with E-state index in [1.807, 2.05) is 0 Å². The molecule has 5 nitrogen and oxygen atoms in total. The SMILES string of the molecule is CCOc1ccc(C(=O)Nc2ccc(F)c(C(F)(F)F)c2)cc1C(=O)Nc1ccc(F)c(C(F)(F)F)c1. The first-order valence-corrected chi connectivity index (χ1v) is 10.3. The second kappa shape index (κ2) is 10.4. The first-order valence-electron chi connectivity index (χ1n) is 10.3. The Morgan fingerprint density at radius 3 is 1.68 bits per heavy atom. The van der Waals surface area contributed by atoms with Crippen molar-refractivity contribution in [3.05, 3.63) is 88.5 Å². The number of alkyl halides is 6. The summed E-state index contributed by atoms with van der Waals surface area (Å²) in [5.41, 5.74) is -4.54. The highest BCUT2D eigenvalue weighted by molar-refractivity contribution is 6.10. The minimum absolute atomic E-state index is 0.0594. The molecule has 0 aliphatic carbocycles. The van der Waals surface area contributed by atoms with Gasteiger partial charge in [-0.1, -0.05) is 0 Å². The molecule has 3 aromatic rings. The fourth-order valence-electron chi connectivity index (χ4n) is 3.17. The Morgan fingerprint density at radius 1 is 0.730 bits per heavy atom. The molecule has 3 rings (SSSR count). The predicted octanol–water partition coefficient (Wildman–Crippen LogP) is 6.91. The lowest BCUT2D eigenvalue weighted by atomic mass is 10.1. The van der Waals surface area contributed by atoms with E-state index >= 15 is 0 Å². The number of ether oxygens (including phenoxy) is 1. The molecule has 0 atom stereocenters. The van der Waals surface area contributed by atoms with E-state index in [1.54, 1.807) is 6.92 Å². The van der Waals surface area contributed by atoms with Crippen LogP contribution in [0.15, 0.2) is 54.6 Å². The van der Waals surface area contributed by atoms with Crippen LogP contribution in [0.25, 0.3) is 0 Å². The Morgan fingerprint density at radius 2 is 1.22 bits per heavy atom. The van der Waals surface area contributed by atoms with Crippen LogP contribution in [0.2, 0.25) is 0 Å². The highest BCUT2D eigenvalue weighted by Gasteiger charge is 2.35. The van der Waals surface area contributed by atoms with Crippen molar-refractivity contribution >= 4 is 23.2 Å². The molecule has 0 bridgehead atoms. The third kappa shape index (κ3) is 6.54. The van der Waals surface area contributed by atoms with Crippen LogP contribution in [0.1, 0.15) is 38.8 Å². The summed E-state index contributed by atoms with van der Waals surface area (Å²) in [6, 6.07) is 6.99. The van der Waals surface area contributed by atoms with Gasteiger partial charge in [0.15, 0.2) is 0 Å². The van der Waals surface area contributed by atoms with Crippen LogP contribution in [0.5, 0.6) is 5.75 Å². The molecule has 0 radical (unpaired) electrons. The van der Waals surface area contributed by atoms with Gasteiger partial charge in [-0.05, 0) is 61.5 Å². The molecule has 0 aromatic heterocycles. The van der Waals surface area contributed by atoms with Crippen molar-refractivity contribution in [2.75, 3.05) is 17.2 Å². The molecule has 2 N–H and O–H groups in total. The minimum atomic E-state index is -5.02. The molecule has 0 saturated heterocycles. The summed E-state index contributed by atoms with van der Waals surface area (Å²) in [6.45, 7) is 1.64. The quantitative estimate of drug-likeness (QED) is 0.339. The van der Waals surface area contributed by atoms with Gasteiger partial charge in [-0.15, -0.1) is 0 Å². The zero-order valence-corrected chi connectivity index (χ0v) is 18.7. The van der Waals surface area contributed by atoms with Crippen molar-refractivity contribution < 1.29 is 49.4 Å². The van der Waals surface area contributed by atoms with Gasteiger partial charge in [0, 0.05) is 16.9 Å². The number of anilines is 2. The van der Waals surface area contributed by atoms with Crippen LogP contribution in [-0.4, -0.2) is 18.4 Å². The molecule has 0 saturated carbocycles. The Hall–Kier alpha value is -4.16. The van der Waals surface area contributed by atoms with Gasteiger partial charge in [0.1, 0.15) is 17.4 Å². The Bertz CT molecular complexity index is 1340. The Kier molecular flexibility index (Phi) is 7.74. The van der Waals surface area contributed by atoms with Crippen LogP contribution in [-0.2, 0) is 12.4 Å². The normalized spacial score (nSPS) is 11.7. The summed E-state index contributed by atoms with van der Waals surface area (Å²) in [6.07, 6.45) is -10.0. The highest BCUT2D eigenvalue weighted by Crippen LogP contribution is 2.34. The van der Waals surface area contributed by atoms with Crippen molar-refractivity contribution in [1.82, 2.24) is 0 Å². The fraction of sp³-hybridized carbons (Fsp3) is 0.167. The zero-order valence-electron chi connectivity index (χ0n) is 18.7. The van der Waals surface area contributed by atoms with Crippen molar-refractivity contribution in [2.45, 2.75) is 19.3 Å². The summed E-state index contributed by atoms with van der Waals surface area (Å²) >= 11 is 0. The fourth-order valence-corrected chi connectivity index (χ4v) is 3.17. The van der Waals surface area contributed by atoms with Crippen LogP contribution in [0.3, 0.4) is 0 Å². The average molecular weight is 532 g/mol. The molecule has 196 valence electrons. The summed E-state index contributed by atoms with van der Waals surface area (Å²) in [4.78, 5) is 25.4. The lowest BCUT2D eigenvalue weighted by molar-refractivity contribution is -0.140. The molecule has 0 aliphatic heterocycles. The van der Waals surface area contributed by atoms with Gasteiger partial charge in [-0.3, -0.25) is 9.59 Å². The van der Waals surface area contributed by atoms with Gasteiger partial charge in [0.25, 0.3) is 11.8 Å². The second-order valence-electron chi connectivity index (χ2n) is 7.44. The standard InChI is InChI=1S/C24H16F8N2O3/c1-2-37-20-8-3-12(21(35)33-13-4-6-18(25)16(10-13)23(27,28)29)9-15(20)22(36)34-14-5-7-19(26)17(11-14)24(30,31)32/h3-11H,2H2,1H3,(H,33,35)(H,34,36). The molecular weight excluding hydrogens is 516 g/mol. The van der Waals surface area contributed by atoms with E-state index in [-0.39, 0.29) is 29.2 Å². The number of carbonyl (C=O) groups excluding carboxylic acids is 2. The second-order valence-corrected chi connectivity index (χ2v) is 7.44. The highest BCUT2D eigenvalue weighted by atomic mass is 19.4. The summed E-state index contributed by atoms with van der Waals surface area (Å²) in [7, 11) is 0. The van der Waals surface area contributed by atoms with E-state index in [4.69, 9.17) is 4.74 Å². The maximum atomic E-state index is 13.5.